The third kappa shape index (κ3) is 39.7. The van der Waals surface area contributed by atoms with Crippen LogP contribution in [0.3, 0.4) is 0 Å². The molecule has 744 valence electrons. The molecular formula is C111H174N12O11. The number of carbonyl (C=O) groups excluding carboxylic acids is 7. The topological polar surface area (TPSA) is 244 Å². The number of amides is 7. The summed E-state index contributed by atoms with van der Waals surface area (Å²) in [4.78, 5) is 123. The lowest BCUT2D eigenvalue weighted by molar-refractivity contribution is 0.0624. The van der Waals surface area contributed by atoms with E-state index >= 15 is 0 Å². The van der Waals surface area contributed by atoms with Crippen LogP contribution in [0.2, 0.25) is 0 Å². The Hall–Kier alpha value is -10.0. The first-order valence-electron chi connectivity index (χ1n) is 50.2. The summed E-state index contributed by atoms with van der Waals surface area (Å²) in [6, 6.07) is 31.9. The molecule has 2 fully saturated rings. The highest BCUT2D eigenvalue weighted by atomic mass is 16.5. The molecule has 2 aliphatic rings. The molecule has 7 heterocycles. The highest BCUT2D eigenvalue weighted by Crippen LogP contribution is 2.29. The Labute approximate surface area is 809 Å². The van der Waals surface area contributed by atoms with E-state index in [1.54, 1.807) is 46.9 Å². The minimum absolute atomic E-state index is 0.00509. The lowest BCUT2D eigenvalue weighted by atomic mass is 9.97. The summed E-state index contributed by atoms with van der Waals surface area (Å²) < 4.78 is 20.9. The standard InChI is InChI=1S/C17H25NO2.2C16H26N2O2.C16H26N2O.C16H23NO2.2C15H24N2O/c1-12(2)14-8-13(3)9-15(10-14)17(19)18-7-5-6-16(18)11-20-4;1-6-8-18(9-7-2)16(19)15-11-13(20-5)10-14(17-15)12(3)4;1-6-8-18(9-7-2)16(19)14-10-13(12(3)4)11-15(17-14)20-5;1-6-8-18(9-7-2)16(19)15-11-14(12(3)4)10-13(5)17-15;1-12(2)13-6-4-7-14(10-13)16(18)17-9-5-8-15(17)11-19-3;1-5-9-17(10-6-2)15(18)14-11-13(12(3)4)7-8-16-14;1-5-7-17(8-6-2)15(18)14-9-13(12(3)4)10-16-11-14/h8-10,12,16H,5-7,11H2,1-4H3;2*10-12H,6-9H2,1-5H3;10-12H,6-9H2,1-5H3;4,6-7,10,12,15H,5,8-9,11H2,1-3H3;7-8,11-12H,5-6,9-10H2,1-4H3;9-12H,5-8H2,1-4H3/t16-;;;;15-;;/m1...1../s1. The Kier molecular flexibility index (Phi) is 56.5. The van der Waals surface area contributed by atoms with Crippen LogP contribution in [0.15, 0.2) is 116 Å². The third-order valence-electron chi connectivity index (χ3n) is 23.2. The van der Waals surface area contributed by atoms with Crippen LogP contribution in [0.25, 0.3) is 0 Å². The number of hydrogen-bond acceptors (Lipinski definition) is 16. The SMILES string of the molecule is CCCN(CCC)C(=O)c1cc(C(C)C)cc(C)n1.CCCN(CCC)C(=O)c1cc(C(C)C)cc(OC)n1.CCCN(CCC)C(=O)c1cc(C(C)C)ccn1.CCCN(CCC)C(=O)c1cc(OC)cc(C(C)C)n1.CCCN(CCC)C(=O)c1cncc(C(C)C)c1.COC[C@H]1CCCN1C(=O)c1cc(C)cc(C(C)C)c1.COC[C@H]1CCCN1C(=O)c1cccc(C(C)C)c1. The fourth-order valence-corrected chi connectivity index (χ4v) is 15.7. The summed E-state index contributed by atoms with van der Waals surface area (Å²) in [5.74, 6) is 4.43. The van der Waals surface area contributed by atoms with Crippen molar-refractivity contribution in [2.75, 3.05) is 120 Å². The molecule has 7 amide bonds. The molecule has 7 aromatic rings. The Morgan fingerprint density at radius 1 is 0.358 bits per heavy atom. The highest BCUT2D eigenvalue weighted by Gasteiger charge is 2.32. The van der Waals surface area contributed by atoms with Gasteiger partial charge in [-0.2, -0.15) is 0 Å². The van der Waals surface area contributed by atoms with Crippen LogP contribution in [0, 0.1) is 13.8 Å². The first-order valence-corrected chi connectivity index (χ1v) is 50.2. The van der Waals surface area contributed by atoms with Crippen LogP contribution < -0.4 is 9.47 Å². The first kappa shape index (κ1) is 118. The lowest BCUT2D eigenvalue weighted by Crippen LogP contribution is -2.38. The van der Waals surface area contributed by atoms with Gasteiger partial charge in [-0.05, 0) is 239 Å². The van der Waals surface area contributed by atoms with Gasteiger partial charge in [0, 0.05) is 152 Å². The summed E-state index contributed by atoms with van der Waals surface area (Å²) in [5, 5.41) is 0. The zero-order chi connectivity index (χ0) is 100. The maximum Gasteiger partial charge on any atom is 0.272 e. The normalized spacial score (nSPS) is 13.1. The Bertz CT molecular complexity index is 4430. The van der Waals surface area contributed by atoms with Gasteiger partial charge in [0.2, 0.25) is 5.88 Å². The second-order valence-electron chi connectivity index (χ2n) is 37.4. The van der Waals surface area contributed by atoms with Gasteiger partial charge in [0.05, 0.1) is 45.1 Å². The molecule has 0 spiro atoms. The predicted molar refractivity (Wildman–Crippen MR) is 550 cm³/mol. The number of aromatic nitrogens is 5. The summed E-state index contributed by atoms with van der Waals surface area (Å²) in [6.07, 6.45) is 19.2. The van der Waals surface area contributed by atoms with E-state index in [0.717, 1.165) is 208 Å². The number of carbonyl (C=O) groups is 7. The molecule has 2 saturated heterocycles. The number of likely N-dealkylation sites (tertiary alicyclic amines) is 2. The van der Waals surface area contributed by atoms with E-state index in [4.69, 9.17) is 18.9 Å². The monoisotopic (exact) mass is 1850 g/mol. The van der Waals surface area contributed by atoms with E-state index < -0.39 is 0 Å². The maximum atomic E-state index is 12.7. The van der Waals surface area contributed by atoms with Crippen LogP contribution >= 0.6 is 0 Å². The number of methoxy groups -OCH3 is 4. The van der Waals surface area contributed by atoms with Gasteiger partial charge in [0.1, 0.15) is 28.5 Å². The highest BCUT2D eigenvalue weighted by molar-refractivity contribution is 5.97. The Morgan fingerprint density at radius 2 is 0.731 bits per heavy atom. The van der Waals surface area contributed by atoms with Crippen molar-refractivity contribution in [2.24, 2.45) is 0 Å². The molecule has 23 heteroatoms. The fraction of sp³-hybridized carbons (Fsp3) is 0.604. The minimum atomic E-state index is -0.00509. The molecule has 5 aromatic heterocycles. The number of ether oxygens (including phenoxy) is 4. The van der Waals surface area contributed by atoms with Crippen molar-refractivity contribution < 1.29 is 52.5 Å². The Morgan fingerprint density at radius 3 is 1.14 bits per heavy atom. The zero-order valence-corrected chi connectivity index (χ0v) is 88.3. The number of benzene rings is 2. The molecule has 0 aliphatic carbocycles. The van der Waals surface area contributed by atoms with Crippen molar-refractivity contribution in [1.82, 2.24) is 59.2 Å². The van der Waals surface area contributed by atoms with Gasteiger partial charge in [-0.1, -0.05) is 190 Å². The summed E-state index contributed by atoms with van der Waals surface area (Å²) >= 11 is 0. The van der Waals surface area contributed by atoms with Gasteiger partial charge in [-0.25, -0.2) is 15.0 Å². The van der Waals surface area contributed by atoms with Crippen LogP contribution in [-0.2, 0) is 9.47 Å². The number of aryl methyl sites for hydroxylation is 2. The van der Waals surface area contributed by atoms with Crippen molar-refractivity contribution in [3.63, 3.8) is 0 Å². The number of hydrogen-bond donors (Lipinski definition) is 0. The van der Waals surface area contributed by atoms with Crippen LogP contribution in [0.1, 0.15) is 421 Å². The van der Waals surface area contributed by atoms with E-state index in [-0.39, 0.29) is 59.4 Å². The molecule has 0 radical (unpaired) electrons. The van der Waals surface area contributed by atoms with Gasteiger partial charge in [0.15, 0.2) is 0 Å². The molecule has 0 N–H and O–H groups in total. The van der Waals surface area contributed by atoms with Crippen molar-refractivity contribution >= 4 is 41.4 Å². The van der Waals surface area contributed by atoms with E-state index in [2.05, 4.69) is 216 Å². The van der Waals surface area contributed by atoms with E-state index in [1.165, 1.54) is 22.3 Å². The largest absolute Gasteiger partial charge is 0.497 e. The first-order chi connectivity index (χ1) is 63.9. The molecule has 134 heavy (non-hydrogen) atoms. The molecule has 23 nitrogen and oxygen atoms in total. The fourth-order valence-electron chi connectivity index (χ4n) is 15.7. The molecule has 9 rings (SSSR count). The van der Waals surface area contributed by atoms with Gasteiger partial charge in [0.25, 0.3) is 41.4 Å². The zero-order valence-electron chi connectivity index (χ0n) is 88.3. The van der Waals surface area contributed by atoms with Crippen LogP contribution in [0.4, 0.5) is 0 Å². The molecule has 0 bridgehead atoms. The van der Waals surface area contributed by atoms with Crippen molar-refractivity contribution in [2.45, 2.75) is 323 Å². The summed E-state index contributed by atoms with van der Waals surface area (Å²) in [6.45, 7) is 65.4. The molecular weight excluding hydrogens is 1680 g/mol. The smallest absolute Gasteiger partial charge is 0.272 e. The second kappa shape index (κ2) is 64.1. The Balaban J connectivity index is 0.000000403. The van der Waals surface area contributed by atoms with E-state index in [1.807, 2.05) is 120 Å². The molecule has 2 aliphatic heterocycles. The van der Waals surface area contributed by atoms with Crippen LogP contribution in [-0.4, -0.2) is 233 Å². The third-order valence-corrected chi connectivity index (χ3v) is 23.2. The quantitative estimate of drug-likeness (QED) is 0.0346. The molecule has 0 unspecified atom stereocenters. The summed E-state index contributed by atoms with van der Waals surface area (Å²) in [7, 11) is 6.59. The van der Waals surface area contributed by atoms with Crippen molar-refractivity contribution in [3.05, 3.63) is 205 Å². The van der Waals surface area contributed by atoms with Gasteiger partial charge < -0.3 is 53.2 Å². The van der Waals surface area contributed by atoms with Crippen LogP contribution in [0.5, 0.6) is 11.6 Å². The van der Waals surface area contributed by atoms with Gasteiger partial charge in [-0.3, -0.25) is 43.5 Å². The minimum Gasteiger partial charge on any atom is -0.497 e. The van der Waals surface area contributed by atoms with E-state index in [9.17, 15) is 33.6 Å². The number of nitrogens with zero attached hydrogens (tertiary/aromatic N) is 12. The predicted octanol–water partition coefficient (Wildman–Crippen LogP) is 24.1. The molecule has 2 aromatic carbocycles. The molecule has 0 saturated carbocycles. The second-order valence-corrected chi connectivity index (χ2v) is 37.4. The van der Waals surface area contributed by atoms with Crippen molar-refractivity contribution in [1.29, 1.82) is 0 Å². The van der Waals surface area contributed by atoms with Gasteiger partial charge >= 0.3 is 0 Å². The van der Waals surface area contributed by atoms with Crippen molar-refractivity contribution in [3.8, 4) is 11.6 Å². The average molecular weight is 1850 g/mol. The average Bonchev–Trinajstić information content (AvgIpc) is 1.65. The summed E-state index contributed by atoms with van der Waals surface area (Å²) in [5.41, 5.74) is 14.4. The molecule has 2 atom stereocenters. The lowest BCUT2D eigenvalue weighted by Gasteiger charge is -2.24. The number of rotatable bonds is 40. The maximum absolute atomic E-state index is 12.7. The van der Waals surface area contributed by atoms with E-state index in [0.29, 0.717) is 88.7 Å². The van der Waals surface area contributed by atoms with Gasteiger partial charge in [-0.15, -0.1) is 0 Å². The number of pyridine rings is 5.